The Morgan fingerprint density at radius 3 is 2.33 bits per heavy atom. The van der Waals surface area contributed by atoms with E-state index in [2.05, 4.69) is 11.3 Å². The molecule has 5 heteroatoms. The summed E-state index contributed by atoms with van der Waals surface area (Å²) in [4.78, 5) is 10.5. The summed E-state index contributed by atoms with van der Waals surface area (Å²) in [6.45, 7) is 4.35. The molecule has 0 bridgehead atoms. The van der Waals surface area contributed by atoms with Gasteiger partial charge in [-0.2, -0.15) is 0 Å². The Hall–Kier alpha value is -0.910. The summed E-state index contributed by atoms with van der Waals surface area (Å²) >= 11 is 0. The van der Waals surface area contributed by atoms with Gasteiger partial charge >= 0.3 is 5.97 Å². The molecule has 0 aliphatic rings. The van der Waals surface area contributed by atoms with Gasteiger partial charge in [0.2, 0.25) is 6.29 Å². The van der Waals surface area contributed by atoms with Crippen LogP contribution < -0.4 is 0 Å². The van der Waals surface area contributed by atoms with Crippen LogP contribution in [0.3, 0.4) is 0 Å². The van der Waals surface area contributed by atoms with Crippen LogP contribution in [0.25, 0.3) is 0 Å². The number of hydrogen-bond donors (Lipinski definition) is 3. The monoisotopic (exact) mass is 176 g/mol. The highest BCUT2D eigenvalue weighted by atomic mass is 16.6. The maximum Gasteiger partial charge on any atom is 0.332 e. The summed E-state index contributed by atoms with van der Waals surface area (Å²) in [5, 5.41) is 26.6. The molecule has 3 unspecified atom stereocenters. The van der Waals surface area contributed by atoms with E-state index in [0.717, 1.165) is 6.08 Å². The van der Waals surface area contributed by atoms with Gasteiger partial charge in [0.05, 0.1) is 6.10 Å². The Labute approximate surface area is 69.9 Å². The van der Waals surface area contributed by atoms with Crippen molar-refractivity contribution in [3.63, 3.8) is 0 Å². The van der Waals surface area contributed by atoms with Gasteiger partial charge in [0.25, 0.3) is 0 Å². The van der Waals surface area contributed by atoms with Crippen molar-refractivity contribution in [2.75, 3.05) is 0 Å². The van der Waals surface area contributed by atoms with Crippen LogP contribution in [-0.2, 0) is 9.53 Å². The quantitative estimate of drug-likeness (QED) is 0.284. The van der Waals surface area contributed by atoms with E-state index in [0.29, 0.717) is 0 Å². The SMILES string of the molecule is C=CC(=O)OC(O)C(O)C(C)O. The lowest BCUT2D eigenvalue weighted by molar-refractivity contribution is -0.192. The predicted octanol–water partition coefficient (Wildman–Crippen LogP) is -1.22. The molecule has 70 valence electrons. The second-order valence-corrected chi connectivity index (χ2v) is 2.26. The van der Waals surface area contributed by atoms with Crippen molar-refractivity contribution < 1.29 is 24.9 Å². The first-order valence-corrected chi connectivity index (χ1v) is 3.36. The first-order chi connectivity index (χ1) is 5.49. The Bertz CT molecular complexity index is 165. The summed E-state index contributed by atoms with van der Waals surface area (Å²) in [5.41, 5.74) is 0. The highest BCUT2D eigenvalue weighted by molar-refractivity contribution is 5.81. The second kappa shape index (κ2) is 4.87. The van der Waals surface area contributed by atoms with Crippen LogP contribution >= 0.6 is 0 Å². The summed E-state index contributed by atoms with van der Waals surface area (Å²) in [5.74, 6) is -0.859. The number of ether oxygens (including phenoxy) is 1. The lowest BCUT2D eigenvalue weighted by Gasteiger charge is -2.19. The number of carbonyl (C=O) groups excluding carboxylic acids is 1. The molecular formula is C7H12O5. The van der Waals surface area contributed by atoms with E-state index in [9.17, 15) is 4.79 Å². The zero-order chi connectivity index (χ0) is 9.72. The molecule has 0 saturated carbocycles. The van der Waals surface area contributed by atoms with Gasteiger partial charge in [0.1, 0.15) is 6.10 Å². The van der Waals surface area contributed by atoms with E-state index in [1.165, 1.54) is 6.92 Å². The Balaban J connectivity index is 3.94. The van der Waals surface area contributed by atoms with Crippen LogP contribution in [0.1, 0.15) is 6.92 Å². The van der Waals surface area contributed by atoms with Crippen LogP contribution in [0, 0.1) is 0 Å². The molecule has 0 aliphatic carbocycles. The molecule has 12 heavy (non-hydrogen) atoms. The molecule has 0 heterocycles. The third kappa shape index (κ3) is 3.47. The van der Waals surface area contributed by atoms with Crippen molar-refractivity contribution in [1.29, 1.82) is 0 Å². The number of esters is 1. The fourth-order valence-corrected chi connectivity index (χ4v) is 0.475. The van der Waals surface area contributed by atoms with Gasteiger partial charge in [0, 0.05) is 6.08 Å². The second-order valence-electron chi connectivity index (χ2n) is 2.26. The molecule has 3 N–H and O–H groups in total. The van der Waals surface area contributed by atoms with Gasteiger partial charge in [-0.15, -0.1) is 0 Å². The lowest BCUT2D eigenvalue weighted by atomic mass is 10.2. The van der Waals surface area contributed by atoms with Crippen molar-refractivity contribution in [3.05, 3.63) is 12.7 Å². The topological polar surface area (TPSA) is 87.0 Å². The van der Waals surface area contributed by atoms with Crippen LogP contribution in [0.4, 0.5) is 0 Å². The maximum atomic E-state index is 10.5. The zero-order valence-electron chi connectivity index (χ0n) is 6.67. The molecule has 0 aromatic rings. The van der Waals surface area contributed by atoms with Crippen LogP contribution in [0.5, 0.6) is 0 Å². The van der Waals surface area contributed by atoms with E-state index in [-0.39, 0.29) is 0 Å². The fourth-order valence-electron chi connectivity index (χ4n) is 0.475. The molecule has 0 saturated heterocycles. The van der Waals surface area contributed by atoms with Crippen molar-refractivity contribution in [2.24, 2.45) is 0 Å². The molecule has 5 nitrogen and oxygen atoms in total. The summed E-state index contributed by atoms with van der Waals surface area (Å²) in [7, 11) is 0. The minimum Gasteiger partial charge on any atom is -0.430 e. The maximum absolute atomic E-state index is 10.5. The molecule has 3 atom stereocenters. The van der Waals surface area contributed by atoms with Gasteiger partial charge in [-0.1, -0.05) is 6.58 Å². The third-order valence-electron chi connectivity index (χ3n) is 1.19. The van der Waals surface area contributed by atoms with Crippen molar-refractivity contribution in [2.45, 2.75) is 25.4 Å². The number of hydrogen-bond acceptors (Lipinski definition) is 5. The van der Waals surface area contributed by atoms with Gasteiger partial charge in [0.15, 0.2) is 0 Å². The molecule has 0 spiro atoms. The summed E-state index contributed by atoms with van der Waals surface area (Å²) < 4.78 is 4.21. The smallest absolute Gasteiger partial charge is 0.332 e. The van der Waals surface area contributed by atoms with E-state index >= 15 is 0 Å². The lowest BCUT2D eigenvalue weighted by Crippen LogP contribution is -2.38. The largest absolute Gasteiger partial charge is 0.430 e. The first kappa shape index (κ1) is 11.1. The van der Waals surface area contributed by atoms with E-state index in [1.807, 2.05) is 0 Å². The number of aliphatic hydroxyl groups excluding tert-OH is 3. The van der Waals surface area contributed by atoms with E-state index < -0.39 is 24.5 Å². The average molecular weight is 176 g/mol. The standard InChI is InChI=1S/C7H12O5/c1-3-5(9)12-7(11)6(10)4(2)8/h3-4,6-8,10-11H,1H2,2H3. The minimum absolute atomic E-state index is 0.845. The Morgan fingerprint density at radius 1 is 1.50 bits per heavy atom. The van der Waals surface area contributed by atoms with Crippen LogP contribution in [-0.4, -0.2) is 39.8 Å². The zero-order valence-corrected chi connectivity index (χ0v) is 6.67. The van der Waals surface area contributed by atoms with Crippen molar-refractivity contribution >= 4 is 5.97 Å². The van der Waals surface area contributed by atoms with Crippen molar-refractivity contribution in [3.8, 4) is 0 Å². The van der Waals surface area contributed by atoms with Gasteiger partial charge in [-0.25, -0.2) is 4.79 Å². The van der Waals surface area contributed by atoms with E-state index in [1.54, 1.807) is 0 Å². The number of rotatable bonds is 4. The molecule has 0 amide bonds. The predicted molar refractivity (Wildman–Crippen MR) is 40.0 cm³/mol. The normalized spacial score (nSPS) is 17.7. The Kier molecular flexibility index (Phi) is 4.50. The molecule has 0 aromatic carbocycles. The number of carbonyl (C=O) groups is 1. The van der Waals surface area contributed by atoms with Crippen molar-refractivity contribution in [1.82, 2.24) is 0 Å². The number of aliphatic hydroxyl groups is 3. The summed E-state index contributed by atoms with van der Waals surface area (Å²) in [6, 6.07) is 0. The van der Waals surface area contributed by atoms with Crippen LogP contribution in [0.2, 0.25) is 0 Å². The summed E-state index contributed by atoms with van der Waals surface area (Å²) in [6.07, 6.45) is -3.56. The first-order valence-electron chi connectivity index (χ1n) is 3.36. The fraction of sp³-hybridized carbons (Fsp3) is 0.571. The minimum atomic E-state index is -1.73. The van der Waals surface area contributed by atoms with E-state index in [4.69, 9.17) is 15.3 Å². The van der Waals surface area contributed by atoms with Gasteiger partial charge < -0.3 is 20.1 Å². The van der Waals surface area contributed by atoms with Gasteiger partial charge in [-0.05, 0) is 6.92 Å². The molecule has 0 fully saturated rings. The molecule has 0 rings (SSSR count). The van der Waals surface area contributed by atoms with Gasteiger partial charge in [-0.3, -0.25) is 0 Å². The average Bonchev–Trinajstić information content (AvgIpc) is 2.02. The highest BCUT2D eigenvalue weighted by Crippen LogP contribution is 2.01. The third-order valence-corrected chi connectivity index (χ3v) is 1.19. The van der Waals surface area contributed by atoms with Crippen LogP contribution in [0.15, 0.2) is 12.7 Å². The highest BCUT2D eigenvalue weighted by Gasteiger charge is 2.23. The molecule has 0 radical (unpaired) electrons. The molecule has 0 aliphatic heterocycles. The molecular weight excluding hydrogens is 164 g/mol. The molecule has 0 aromatic heterocycles. The Morgan fingerprint density at radius 2 is 2.00 bits per heavy atom.